The van der Waals surface area contributed by atoms with Crippen LogP contribution in [0.15, 0.2) is 36.9 Å². The van der Waals surface area contributed by atoms with Gasteiger partial charge >= 0.3 is 0 Å². The Morgan fingerprint density at radius 2 is 2.04 bits per heavy atom. The van der Waals surface area contributed by atoms with E-state index in [2.05, 4.69) is 46.3 Å². The number of carbonyl (C=O) groups is 1. The summed E-state index contributed by atoms with van der Waals surface area (Å²) in [5, 5.41) is 7.37. The number of aromatic nitrogens is 3. The molecule has 3 rings (SSSR count). The standard InChI is InChI=1S/C20H29N5O/c1-15-6-4-5-7-19(15)23-20(26)12-24(3)16(2)17-8-10-18(11-9-17)25-14-21-13-22-25/h8-11,13-16,19H,4-7,12H2,1-3H3,(H,23,26)/t15-,16+,19+/m1/s1. The van der Waals surface area contributed by atoms with Crippen LogP contribution in [0.1, 0.15) is 51.1 Å². The number of likely N-dealkylation sites (N-methyl/N-ethyl adjacent to an activating group) is 1. The van der Waals surface area contributed by atoms with Crippen molar-refractivity contribution in [1.82, 2.24) is 25.0 Å². The first-order valence-corrected chi connectivity index (χ1v) is 9.49. The van der Waals surface area contributed by atoms with Gasteiger partial charge in [-0.15, -0.1) is 0 Å². The minimum absolute atomic E-state index is 0.123. The SMILES string of the molecule is C[C@@H]1CCCC[C@@H]1NC(=O)CN(C)[C@@H](C)c1ccc(-n2cncn2)cc1. The van der Waals surface area contributed by atoms with E-state index in [9.17, 15) is 4.79 Å². The average molecular weight is 355 g/mol. The summed E-state index contributed by atoms with van der Waals surface area (Å²) in [6.07, 6.45) is 8.04. The van der Waals surface area contributed by atoms with Crippen molar-refractivity contribution in [3.05, 3.63) is 42.5 Å². The minimum atomic E-state index is 0.123. The Kier molecular flexibility index (Phi) is 6.04. The van der Waals surface area contributed by atoms with Crippen molar-refractivity contribution in [2.75, 3.05) is 13.6 Å². The highest BCUT2D eigenvalue weighted by molar-refractivity contribution is 5.78. The van der Waals surface area contributed by atoms with Gasteiger partial charge in [0.15, 0.2) is 0 Å². The number of nitrogens with zero attached hydrogens (tertiary/aromatic N) is 4. The Morgan fingerprint density at radius 1 is 1.31 bits per heavy atom. The molecule has 1 fully saturated rings. The predicted molar refractivity (Wildman–Crippen MR) is 102 cm³/mol. The molecule has 140 valence electrons. The Hall–Kier alpha value is -2.21. The summed E-state index contributed by atoms with van der Waals surface area (Å²) in [5.74, 6) is 0.706. The van der Waals surface area contributed by atoms with E-state index in [1.165, 1.54) is 31.2 Å². The molecule has 0 saturated heterocycles. The molecule has 1 aliphatic carbocycles. The van der Waals surface area contributed by atoms with Crippen molar-refractivity contribution in [2.24, 2.45) is 5.92 Å². The van der Waals surface area contributed by atoms with Gasteiger partial charge in [0.2, 0.25) is 5.91 Å². The summed E-state index contributed by atoms with van der Waals surface area (Å²) >= 11 is 0. The Bertz CT molecular complexity index is 698. The third-order valence-corrected chi connectivity index (χ3v) is 5.57. The summed E-state index contributed by atoms with van der Waals surface area (Å²) in [6, 6.07) is 8.71. The molecule has 0 bridgehead atoms. The lowest BCUT2D eigenvalue weighted by Gasteiger charge is -2.31. The van der Waals surface area contributed by atoms with E-state index in [-0.39, 0.29) is 11.9 Å². The van der Waals surface area contributed by atoms with E-state index in [0.29, 0.717) is 18.5 Å². The molecule has 2 aromatic rings. The lowest BCUT2D eigenvalue weighted by molar-refractivity contribution is -0.123. The molecule has 6 nitrogen and oxygen atoms in total. The molecule has 1 heterocycles. The maximum Gasteiger partial charge on any atom is 0.234 e. The molecule has 1 N–H and O–H groups in total. The van der Waals surface area contributed by atoms with Crippen LogP contribution >= 0.6 is 0 Å². The lowest BCUT2D eigenvalue weighted by atomic mass is 9.86. The quantitative estimate of drug-likeness (QED) is 0.865. The molecule has 3 atom stereocenters. The molecule has 1 aromatic carbocycles. The first kappa shape index (κ1) is 18.6. The van der Waals surface area contributed by atoms with Crippen molar-refractivity contribution >= 4 is 5.91 Å². The second kappa shape index (κ2) is 8.45. The Labute approximate surface area is 155 Å². The van der Waals surface area contributed by atoms with E-state index < -0.39 is 0 Å². The molecule has 0 radical (unpaired) electrons. The third-order valence-electron chi connectivity index (χ3n) is 5.57. The van der Waals surface area contributed by atoms with E-state index in [4.69, 9.17) is 0 Å². The van der Waals surface area contributed by atoms with Gasteiger partial charge in [-0.1, -0.05) is 31.9 Å². The lowest BCUT2D eigenvalue weighted by Crippen LogP contribution is -2.45. The number of hydrogen-bond donors (Lipinski definition) is 1. The third kappa shape index (κ3) is 4.49. The fourth-order valence-corrected chi connectivity index (χ4v) is 3.65. The molecule has 1 aromatic heterocycles. The second-order valence-electron chi connectivity index (χ2n) is 7.46. The first-order chi connectivity index (χ1) is 12.5. The second-order valence-corrected chi connectivity index (χ2v) is 7.46. The zero-order valence-corrected chi connectivity index (χ0v) is 15.9. The molecule has 0 spiro atoms. The van der Waals surface area contributed by atoms with Crippen LogP contribution in [0.4, 0.5) is 0 Å². The Morgan fingerprint density at radius 3 is 2.69 bits per heavy atom. The van der Waals surface area contributed by atoms with Crippen LogP contribution < -0.4 is 5.32 Å². The molecule has 26 heavy (non-hydrogen) atoms. The van der Waals surface area contributed by atoms with Crippen molar-refractivity contribution in [3.63, 3.8) is 0 Å². The first-order valence-electron chi connectivity index (χ1n) is 9.49. The summed E-state index contributed by atoms with van der Waals surface area (Å²) in [7, 11) is 2.00. The van der Waals surface area contributed by atoms with Crippen LogP contribution in [0.5, 0.6) is 0 Å². The van der Waals surface area contributed by atoms with Gasteiger partial charge in [-0.2, -0.15) is 5.10 Å². The van der Waals surface area contributed by atoms with Crippen molar-refractivity contribution in [3.8, 4) is 5.69 Å². The minimum Gasteiger partial charge on any atom is -0.352 e. The molecule has 0 aliphatic heterocycles. The maximum atomic E-state index is 12.4. The molecular formula is C20H29N5O. The van der Waals surface area contributed by atoms with E-state index in [1.807, 2.05) is 19.2 Å². The molecule has 6 heteroatoms. The van der Waals surface area contributed by atoms with Crippen LogP contribution in [0.3, 0.4) is 0 Å². The zero-order valence-electron chi connectivity index (χ0n) is 15.9. The number of amides is 1. The van der Waals surface area contributed by atoms with Gasteiger partial charge in [-0.05, 0) is 50.4 Å². The highest BCUT2D eigenvalue weighted by atomic mass is 16.2. The predicted octanol–water partition coefficient (Wildman–Crippen LogP) is 2.96. The molecule has 1 saturated carbocycles. The summed E-state index contributed by atoms with van der Waals surface area (Å²) in [5.41, 5.74) is 2.15. The topological polar surface area (TPSA) is 63.1 Å². The van der Waals surface area contributed by atoms with Gasteiger partial charge in [0.25, 0.3) is 0 Å². The van der Waals surface area contributed by atoms with Gasteiger partial charge in [-0.25, -0.2) is 9.67 Å². The van der Waals surface area contributed by atoms with Crippen LogP contribution in [0.25, 0.3) is 5.69 Å². The Balaban J connectivity index is 1.55. The number of benzene rings is 1. The largest absolute Gasteiger partial charge is 0.352 e. The highest BCUT2D eigenvalue weighted by Gasteiger charge is 2.24. The normalized spacial score (nSPS) is 21.5. The van der Waals surface area contributed by atoms with Gasteiger partial charge in [-0.3, -0.25) is 9.69 Å². The molecule has 1 aliphatic rings. The fraction of sp³-hybridized carbons (Fsp3) is 0.550. The fourth-order valence-electron chi connectivity index (χ4n) is 3.65. The van der Waals surface area contributed by atoms with E-state index in [1.54, 1.807) is 11.0 Å². The van der Waals surface area contributed by atoms with Crippen LogP contribution in [-0.2, 0) is 4.79 Å². The number of carbonyl (C=O) groups excluding carboxylic acids is 1. The van der Waals surface area contributed by atoms with Gasteiger partial charge < -0.3 is 5.32 Å². The molecule has 1 amide bonds. The number of nitrogens with one attached hydrogen (secondary N) is 1. The summed E-state index contributed by atoms with van der Waals surface area (Å²) in [6.45, 7) is 4.78. The average Bonchev–Trinajstić information content (AvgIpc) is 3.18. The van der Waals surface area contributed by atoms with Gasteiger partial charge in [0.1, 0.15) is 12.7 Å². The smallest absolute Gasteiger partial charge is 0.234 e. The summed E-state index contributed by atoms with van der Waals surface area (Å²) in [4.78, 5) is 18.5. The summed E-state index contributed by atoms with van der Waals surface area (Å²) < 4.78 is 1.73. The van der Waals surface area contributed by atoms with Gasteiger partial charge in [0, 0.05) is 12.1 Å². The zero-order chi connectivity index (χ0) is 18.5. The maximum absolute atomic E-state index is 12.4. The van der Waals surface area contributed by atoms with Crippen LogP contribution in [0, 0.1) is 5.92 Å². The monoisotopic (exact) mass is 355 g/mol. The van der Waals surface area contributed by atoms with Crippen molar-refractivity contribution < 1.29 is 4.79 Å². The van der Waals surface area contributed by atoms with E-state index in [0.717, 1.165) is 12.1 Å². The molecular weight excluding hydrogens is 326 g/mol. The van der Waals surface area contributed by atoms with Crippen molar-refractivity contribution in [1.29, 1.82) is 0 Å². The van der Waals surface area contributed by atoms with Crippen molar-refractivity contribution in [2.45, 2.75) is 51.6 Å². The van der Waals surface area contributed by atoms with Gasteiger partial charge in [0.05, 0.1) is 12.2 Å². The highest BCUT2D eigenvalue weighted by Crippen LogP contribution is 2.24. The van der Waals surface area contributed by atoms with Crippen LogP contribution in [0.2, 0.25) is 0 Å². The number of hydrogen-bond acceptors (Lipinski definition) is 4. The molecule has 0 unspecified atom stereocenters. The number of rotatable bonds is 6. The van der Waals surface area contributed by atoms with Crippen LogP contribution in [-0.4, -0.2) is 45.2 Å². The van der Waals surface area contributed by atoms with E-state index >= 15 is 0 Å².